The molecule has 0 aromatic carbocycles. The van der Waals surface area contributed by atoms with E-state index in [1.807, 2.05) is 20.8 Å². The second-order valence-electron chi connectivity index (χ2n) is 4.50. The number of aromatic carboxylic acids is 1. The Hall–Kier alpha value is -0.440. The van der Waals surface area contributed by atoms with Gasteiger partial charge in [0, 0.05) is 5.54 Å². The minimum absolute atomic E-state index is 0.00709. The van der Waals surface area contributed by atoms with Crippen molar-refractivity contribution in [3.8, 4) is 0 Å². The highest BCUT2D eigenvalue weighted by atomic mass is 79.9. The predicted molar refractivity (Wildman–Crippen MR) is 82.9 cm³/mol. The van der Waals surface area contributed by atoms with Gasteiger partial charge in [-0.05, 0) is 41.3 Å². The molecule has 0 atom stereocenters. The van der Waals surface area contributed by atoms with E-state index >= 15 is 0 Å². The number of thiophene rings is 1. The Morgan fingerprint density at radius 2 is 1.85 bits per heavy atom. The van der Waals surface area contributed by atoms with Crippen LogP contribution in [0.5, 0.6) is 0 Å². The molecule has 0 radical (unpaired) electrons. The molecule has 0 aliphatic rings. The number of hydrogen-bond donors (Lipinski definition) is 2. The third kappa shape index (κ3) is 3.60. The predicted octanol–water partition coefficient (Wildman–Crippen LogP) is 3.46. The highest BCUT2D eigenvalue weighted by Gasteiger charge is 2.32. The average Bonchev–Trinajstić information content (AvgIpc) is 2.79. The second-order valence-corrected chi connectivity index (χ2v) is 8.52. The van der Waals surface area contributed by atoms with Crippen LogP contribution < -0.4 is 4.72 Å². The lowest BCUT2D eigenvalue weighted by Crippen LogP contribution is -2.46. The third-order valence-electron chi connectivity index (χ3n) is 3.54. The van der Waals surface area contributed by atoms with Gasteiger partial charge in [0.15, 0.2) is 0 Å². The van der Waals surface area contributed by atoms with Gasteiger partial charge in [0.2, 0.25) is 10.0 Å². The summed E-state index contributed by atoms with van der Waals surface area (Å²) in [6.45, 7) is 5.79. The SMILES string of the molecule is CCC(CC)(CC)NS(=O)(=O)c1cc(C(=O)O)sc1Br. The first-order chi connectivity index (χ1) is 9.21. The zero-order valence-electron chi connectivity index (χ0n) is 11.6. The second kappa shape index (κ2) is 6.55. The Morgan fingerprint density at radius 3 is 2.20 bits per heavy atom. The van der Waals surface area contributed by atoms with Gasteiger partial charge in [-0.15, -0.1) is 11.3 Å². The number of carbonyl (C=O) groups is 1. The first-order valence-corrected chi connectivity index (χ1v) is 9.37. The van der Waals surface area contributed by atoms with Gasteiger partial charge in [0.05, 0.1) is 3.79 Å². The highest BCUT2D eigenvalue weighted by Crippen LogP contribution is 2.33. The molecule has 0 saturated carbocycles. The summed E-state index contributed by atoms with van der Waals surface area (Å²) in [5.41, 5.74) is -0.496. The monoisotopic (exact) mass is 383 g/mol. The minimum atomic E-state index is -3.75. The maximum atomic E-state index is 12.5. The number of hydrogen-bond acceptors (Lipinski definition) is 4. The summed E-state index contributed by atoms with van der Waals surface area (Å²) < 4.78 is 27.9. The van der Waals surface area contributed by atoms with Crippen LogP contribution in [0.3, 0.4) is 0 Å². The van der Waals surface area contributed by atoms with Gasteiger partial charge < -0.3 is 5.11 Å². The molecule has 0 amide bonds. The number of sulfonamides is 1. The molecule has 2 N–H and O–H groups in total. The summed E-state index contributed by atoms with van der Waals surface area (Å²) in [6, 6.07) is 1.19. The largest absolute Gasteiger partial charge is 0.477 e. The van der Waals surface area contributed by atoms with Crippen LogP contribution in [0, 0.1) is 0 Å². The van der Waals surface area contributed by atoms with Crippen LogP contribution in [-0.4, -0.2) is 25.0 Å². The smallest absolute Gasteiger partial charge is 0.345 e. The van der Waals surface area contributed by atoms with Crippen LogP contribution in [0.15, 0.2) is 14.7 Å². The molecule has 0 aliphatic carbocycles. The Balaban J connectivity index is 3.20. The zero-order chi connectivity index (χ0) is 15.6. The zero-order valence-corrected chi connectivity index (χ0v) is 14.8. The van der Waals surface area contributed by atoms with Crippen LogP contribution in [0.4, 0.5) is 0 Å². The summed E-state index contributed by atoms with van der Waals surface area (Å²) in [6.07, 6.45) is 2.02. The first kappa shape index (κ1) is 17.6. The number of carboxylic acids is 1. The minimum Gasteiger partial charge on any atom is -0.477 e. The molecule has 8 heteroatoms. The van der Waals surface area contributed by atoms with E-state index in [0.717, 1.165) is 11.3 Å². The number of halogens is 1. The number of carboxylic acid groups (broad SMARTS) is 1. The van der Waals surface area contributed by atoms with Crippen LogP contribution in [0.25, 0.3) is 0 Å². The third-order valence-corrected chi connectivity index (χ3v) is 7.36. The Kier molecular flexibility index (Phi) is 5.77. The van der Waals surface area contributed by atoms with Crippen LogP contribution in [0.1, 0.15) is 49.7 Å². The molecule has 0 unspecified atom stereocenters. The van der Waals surface area contributed by atoms with Gasteiger partial charge >= 0.3 is 5.97 Å². The van der Waals surface area contributed by atoms with Crippen LogP contribution in [0.2, 0.25) is 0 Å². The Labute approximate surface area is 131 Å². The molecular weight excluding hydrogens is 366 g/mol. The van der Waals surface area contributed by atoms with Crippen molar-refractivity contribution in [3.63, 3.8) is 0 Å². The van der Waals surface area contributed by atoms with Gasteiger partial charge in [-0.3, -0.25) is 0 Å². The molecule has 0 aliphatic heterocycles. The molecule has 1 aromatic heterocycles. The first-order valence-electron chi connectivity index (χ1n) is 6.28. The number of rotatable bonds is 7. The molecule has 0 fully saturated rings. The molecule has 0 bridgehead atoms. The van der Waals surface area contributed by atoms with Crippen LogP contribution in [-0.2, 0) is 10.0 Å². The molecular formula is C12H18BrNO4S2. The fourth-order valence-electron chi connectivity index (χ4n) is 1.95. The van der Waals surface area contributed by atoms with Crippen molar-refractivity contribution >= 4 is 43.3 Å². The Morgan fingerprint density at radius 1 is 1.35 bits per heavy atom. The van der Waals surface area contributed by atoms with E-state index in [2.05, 4.69) is 20.7 Å². The van der Waals surface area contributed by atoms with E-state index in [4.69, 9.17) is 5.11 Å². The fraction of sp³-hybridized carbons (Fsp3) is 0.583. The summed E-state index contributed by atoms with van der Waals surface area (Å²) in [5.74, 6) is -1.13. The molecule has 0 spiro atoms. The van der Waals surface area contributed by atoms with E-state index in [0.29, 0.717) is 23.0 Å². The van der Waals surface area contributed by atoms with E-state index < -0.39 is 21.5 Å². The van der Waals surface area contributed by atoms with E-state index in [1.54, 1.807) is 0 Å². The maximum absolute atomic E-state index is 12.5. The van der Waals surface area contributed by atoms with Crippen molar-refractivity contribution in [1.82, 2.24) is 4.72 Å². The van der Waals surface area contributed by atoms with Crippen LogP contribution >= 0.6 is 27.3 Å². The van der Waals surface area contributed by atoms with Gasteiger partial charge in [-0.1, -0.05) is 20.8 Å². The Bertz CT molecular complexity index is 582. The lowest BCUT2D eigenvalue weighted by molar-refractivity contribution is 0.0702. The summed E-state index contributed by atoms with van der Waals surface area (Å²) in [5, 5.41) is 8.93. The van der Waals surface area contributed by atoms with Crippen molar-refractivity contribution in [2.45, 2.75) is 50.5 Å². The molecule has 20 heavy (non-hydrogen) atoms. The summed E-state index contributed by atoms with van der Waals surface area (Å²) in [4.78, 5) is 10.9. The van der Waals surface area contributed by atoms with E-state index in [1.165, 1.54) is 6.07 Å². The average molecular weight is 384 g/mol. The molecule has 5 nitrogen and oxygen atoms in total. The topological polar surface area (TPSA) is 83.5 Å². The van der Waals surface area contributed by atoms with Crippen molar-refractivity contribution in [3.05, 3.63) is 14.7 Å². The molecule has 1 heterocycles. The standard InChI is InChI=1S/C12H18BrNO4S2/c1-4-12(5-2,6-3)14-20(17,18)9-7-8(11(15)16)19-10(9)13/h7,14H,4-6H2,1-3H3,(H,15,16). The fourth-order valence-corrected chi connectivity index (χ4v) is 5.97. The van der Waals surface area contributed by atoms with Crippen molar-refractivity contribution in [2.24, 2.45) is 0 Å². The number of nitrogens with one attached hydrogen (secondary N) is 1. The molecule has 114 valence electrons. The highest BCUT2D eigenvalue weighted by molar-refractivity contribution is 9.11. The summed E-state index contributed by atoms with van der Waals surface area (Å²) in [7, 11) is -3.75. The van der Waals surface area contributed by atoms with Gasteiger partial charge in [-0.25, -0.2) is 17.9 Å². The van der Waals surface area contributed by atoms with Crippen molar-refractivity contribution < 1.29 is 18.3 Å². The van der Waals surface area contributed by atoms with Gasteiger partial charge in [-0.2, -0.15) is 0 Å². The van der Waals surface area contributed by atoms with E-state index in [9.17, 15) is 13.2 Å². The van der Waals surface area contributed by atoms with E-state index in [-0.39, 0.29) is 9.77 Å². The molecule has 1 aromatic rings. The summed E-state index contributed by atoms with van der Waals surface area (Å²) >= 11 is 4.03. The van der Waals surface area contributed by atoms with Gasteiger partial charge in [0.25, 0.3) is 0 Å². The van der Waals surface area contributed by atoms with Crippen molar-refractivity contribution in [1.29, 1.82) is 0 Å². The van der Waals surface area contributed by atoms with Crippen molar-refractivity contribution in [2.75, 3.05) is 0 Å². The van der Waals surface area contributed by atoms with Gasteiger partial charge in [0.1, 0.15) is 9.77 Å². The molecule has 1 rings (SSSR count). The lowest BCUT2D eigenvalue weighted by Gasteiger charge is -2.31. The molecule has 0 saturated heterocycles. The quantitative estimate of drug-likeness (QED) is 0.754. The maximum Gasteiger partial charge on any atom is 0.345 e. The normalized spacial score (nSPS) is 12.6. The lowest BCUT2D eigenvalue weighted by atomic mass is 9.91.